The summed E-state index contributed by atoms with van der Waals surface area (Å²) in [5, 5.41) is 0. The van der Waals surface area contributed by atoms with Gasteiger partial charge < -0.3 is 19.6 Å². The molecule has 0 bridgehead atoms. The van der Waals surface area contributed by atoms with Gasteiger partial charge in [-0.3, -0.25) is 4.90 Å². The van der Waals surface area contributed by atoms with Gasteiger partial charge in [-0.1, -0.05) is 0 Å². The molecule has 0 amide bonds. The number of furan rings is 1. The smallest absolute Gasteiger partial charge is 0.374 e. The zero-order chi connectivity index (χ0) is 13.0. The van der Waals surface area contributed by atoms with Crippen molar-refractivity contribution in [2.75, 3.05) is 33.4 Å². The van der Waals surface area contributed by atoms with E-state index in [0.29, 0.717) is 19.7 Å². The summed E-state index contributed by atoms with van der Waals surface area (Å²) in [6.45, 7) is 3.39. The average molecular weight is 254 g/mol. The van der Waals surface area contributed by atoms with Crippen molar-refractivity contribution in [2.24, 2.45) is 5.73 Å². The molecule has 0 spiro atoms. The molecular formula is C12H18N2O4. The van der Waals surface area contributed by atoms with Gasteiger partial charge in [0.25, 0.3) is 0 Å². The second-order valence-electron chi connectivity index (χ2n) is 4.23. The molecule has 6 heteroatoms. The quantitative estimate of drug-likeness (QED) is 0.775. The Kier molecular flexibility index (Phi) is 4.35. The second-order valence-corrected chi connectivity index (χ2v) is 4.23. The first-order chi connectivity index (χ1) is 8.74. The maximum Gasteiger partial charge on any atom is 0.374 e. The zero-order valence-electron chi connectivity index (χ0n) is 10.4. The lowest BCUT2D eigenvalue weighted by Crippen LogP contribution is -2.45. The number of hydrogen-bond donors (Lipinski definition) is 1. The molecule has 1 fully saturated rings. The summed E-state index contributed by atoms with van der Waals surface area (Å²) in [6.07, 6.45) is 1.56. The highest BCUT2D eigenvalue weighted by molar-refractivity contribution is 5.87. The number of ether oxygens (including phenoxy) is 2. The minimum Gasteiger partial charge on any atom is -0.463 e. The summed E-state index contributed by atoms with van der Waals surface area (Å²) < 4.78 is 15.3. The van der Waals surface area contributed by atoms with Gasteiger partial charge in [-0.25, -0.2) is 4.79 Å². The number of hydrogen-bond acceptors (Lipinski definition) is 6. The van der Waals surface area contributed by atoms with E-state index in [1.54, 1.807) is 6.07 Å². The minimum absolute atomic E-state index is 0.0622. The van der Waals surface area contributed by atoms with E-state index >= 15 is 0 Å². The molecular weight excluding hydrogens is 236 g/mol. The van der Waals surface area contributed by atoms with Crippen LogP contribution < -0.4 is 5.73 Å². The lowest BCUT2D eigenvalue weighted by atomic mass is 10.2. The van der Waals surface area contributed by atoms with E-state index in [2.05, 4.69) is 9.64 Å². The van der Waals surface area contributed by atoms with E-state index in [1.807, 2.05) is 0 Å². The first kappa shape index (κ1) is 13.1. The predicted molar refractivity (Wildman–Crippen MR) is 64.1 cm³/mol. The number of nitrogens with two attached hydrogens (primary N) is 1. The zero-order valence-corrected chi connectivity index (χ0v) is 10.4. The van der Waals surface area contributed by atoms with Crippen molar-refractivity contribution in [3.05, 3.63) is 23.7 Å². The number of nitrogens with zero attached hydrogens (tertiary/aromatic N) is 1. The number of morpholine rings is 1. The average Bonchev–Trinajstić information content (AvgIpc) is 2.86. The molecule has 0 aromatic carbocycles. The normalized spacial score (nSPS) is 20.9. The molecule has 2 N–H and O–H groups in total. The SMILES string of the molecule is COC(=O)c1occc1CN1CCOC(CN)C1. The maximum atomic E-state index is 11.5. The maximum absolute atomic E-state index is 11.5. The summed E-state index contributed by atoms with van der Waals surface area (Å²) in [6, 6.07) is 1.79. The third-order valence-electron chi connectivity index (χ3n) is 3.00. The van der Waals surface area contributed by atoms with Gasteiger partial charge in [0, 0.05) is 31.7 Å². The van der Waals surface area contributed by atoms with Gasteiger partial charge in [0.05, 0.1) is 26.1 Å². The molecule has 0 radical (unpaired) electrons. The van der Waals surface area contributed by atoms with Gasteiger partial charge in [0.1, 0.15) is 0 Å². The summed E-state index contributed by atoms with van der Waals surface area (Å²) in [5.41, 5.74) is 6.43. The van der Waals surface area contributed by atoms with Crippen LogP contribution in [0, 0.1) is 0 Å². The first-order valence-corrected chi connectivity index (χ1v) is 5.93. The Morgan fingerprint density at radius 2 is 2.50 bits per heavy atom. The largest absolute Gasteiger partial charge is 0.463 e. The highest BCUT2D eigenvalue weighted by Crippen LogP contribution is 2.16. The number of esters is 1. The van der Waals surface area contributed by atoms with Crippen LogP contribution in [0.4, 0.5) is 0 Å². The van der Waals surface area contributed by atoms with Crippen LogP contribution in [0.1, 0.15) is 16.1 Å². The molecule has 1 unspecified atom stereocenters. The van der Waals surface area contributed by atoms with Crippen molar-refractivity contribution < 1.29 is 18.7 Å². The molecule has 1 aromatic rings. The van der Waals surface area contributed by atoms with E-state index in [9.17, 15) is 4.79 Å². The van der Waals surface area contributed by atoms with E-state index < -0.39 is 5.97 Å². The molecule has 1 aliphatic heterocycles. The molecule has 0 saturated carbocycles. The topological polar surface area (TPSA) is 77.9 Å². The minimum atomic E-state index is -0.446. The van der Waals surface area contributed by atoms with Crippen LogP contribution >= 0.6 is 0 Å². The van der Waals surface area contributed by atoms with Crippen molar-refractivity contribution in [1.29, 1.82) is 0 Å². The number of rotatable bonds is 4. The van der Waals surface area contributed by atoms with Crippen LogP contribution in [0.2, 0.25) is 0 Å². The van der Waals surface area contributed by atoms with Crippen LogP contribution in [0.5, 0.6) is 0 Å². The molecule has 2 rings (SSSR count). The Hall–Kier alpha value is -1.37. The van der Waals surface area contributed by atoms with Crippen molar-refractivity contribution in [3.8, 4) is 0 Å². The van der Waals surface area contributed by atoms with Gasteiger partial charge in [-0.05, 0) is 6.07 Å². The molecule has 1 saturated heterocycles. The molecule has 1 aromatic heterocycles. The van der Waals surface area contributed by atoms with Crippen LogP contribution in [-0.4, -0.2) is 50.3 Å². The van der Waals surface area contributed by atoms with Crippen molar-refractivity contribution in [2.45, 2.75) is 12.6 Å². The van der Waals surface area contributed by atoms with E-state index in [4.69, 9.17) is 14.9 Å². The number of carbonyl (C=O) groups is 1. The monoisotopic (exact) mass is 254 g/mol. The van der Waals surface area contributed by atoms with Gasteiger partial charge in [-0.15, -0.1) is 0 Å². The highest BCUT2D eigenvalue weighted by atomic mass is 16.5. The lowest BCUT2D eigenvalue weighted by molar-refractivity contribution is -0.0262. The summed E-state index contributed by atoms with van der Waals surface area (Å²) in [5.74, 6) is -0.174. The molecule has 100 valence electrons. The third-order valence-corrected chi connectivity index (χ3v) is 3.00. The Morgan fingerprint density at radius 3 is 3.22 bits per heavy atom. The standard InChI is InChI=1S/C12H18N2O4/c1-16-12(15)11-9(2-4-18-11)7-14-3-5-17-10(6-13)8-14/h2,4,10H,3,5-8,13H2,1H3. The Bertz CT molecular complexity index is 405. The fourth-order valence-electron chi connectivity index (χ4n) is 2.04. The number of methoxy groups -OCH3 is 1. The van der Waals surface area contributed by atoms with Crippen LogP contribution in [0.3, 0.4) is 0 Å². The molecule has 2 heterocycles. The van der Waals surface area contributed by atoms with Gasteiger partial charge in [-0.2, -0.15) is 0 Å². The fourth-order valence-corrected chi connectivity index (χ4v) is 2.04. The highest BCUT2D eigenvalue weighted by Gasteiger charge is 2.22. The molecule has 0 aliphatic carbocycles. The molecule has 1 atom stereocenters. The summed E-state index contributed by atoms with van der Waals surface area (Å²) in [7, 11) is 1.34. The van der Waals surface area contributed by atoms with E-state index in [0.717, 1.165) is 18.7 Å². The molecule has 6 nitrogen and oxygen atoms in total. The van der Waals surface area contributed by atoms with E-state index in [1.165, 1.54) is 13.4 Å². The Labute approximate surface area is 106 Å². The predicted octanol–water partition coefficient (Wildman–Crippen LogP) is 0.226. The summed E-state index contributed by atoms with van der Waals surface area (Å²) in [4.78, 5) is 13.7. The van der Waals surface area contributed by atoms with Gasteiger partial charge in [0.2, 0.25) is 5.76 Å². The van der Waals surface area contributed by atoms with Crippen LogP contribution in [0.25, 0.3) is 0 Å². The summed E-state index contributed by atoms with van der Waals surface area (Å²) >= 11 is 0. The lowest BCUT2D eigenvalue weighted by Gasteiger charge is -2.32. The third kappa shape index (κ3) is 2.90. The van der Waals surface area contributed by atoms with Crippen molar-refractivity contribution in [1.82, 2.24) is 4.90 Å². The van der Waals surface area contributed by atoms with Crippen LogP contribution in [0.15, 0.2) is 16.7 Å². The van der Waals surface area contributed by atoms with Gasteiger partial charge >= 0.3 is 5.97 Å². The van der Waals surface area contributed by atoms with Crippen molar-refractivity contribution >= 4 is 5.97 Å². The Morgan fingerprint density at radius 1 is 1.67 bits per heavy atom. The van der Waals surface area contributed by atoms with Crippen molar-refractivity contribution in [3.63, 3.8) is 0 Å². The second kappa shape index (κ2) is 5.99. The number of carbonyl (C=O) groups excluding carboxylic acids is 1. The molecule has 18 heavy (non-hydrogen) atoms. The Balaban J connectivity index is 2.00. The van der Waals surface area contributed by atoms with E-state index in [-0.39, 0.29) is 11.9 Å². The fraction of sp³-hybridized carbons (Fsp3) is 0.583. The molecule has 1 aliphatic rings. The first-order valence-electron chi connectivity index (χ1n) is 5.93. The van der Waals surface area contributed by atoms with Crippen LogP contribution in [-0.2, 0) is 16.0 Å². The van der Waals surface area contributed by atoms with Gasteiger partial charge in [0.15, 0.2) is 0 Å².